The normalized spacial score (nSPS) is 12.3. The highest BCUT2D eigenvalue weighted by Gasteiger charge is 2.06. The van der Waals surface area contributed by atoms with Crippen molar-refractivity contribution in [1.82, 2.24) is 0 Å². The number of hydrogen-bond acceptors (Lipinski definition) is 3. The van der Waals surface area contributed by atoms with Crippen LogP contribution in [0.25, 0.3) is 0 Å². The second-order valence-electron chi connectivity index (χ2n) is 2.44. The van der Waals surface area contributed by atoms with Gasteiger partial charge in [0.1, 0.15) is 5.70 Å². The second-order valence-corrected chi connectivity index (χ2v) is 2.44. The molecular formula is C8H15NO2. The lowest BCUT2D eigenvalue weighted by atomic mass is 10.1. The van der Waals surface area contributed by atoms with Gasteiger partial charge in [0.15, 0.2) is 0 Å². The molecule has 0 saturated heterocycles. The highest BCUT2D eigenvalue weighted by molar-refractivity contribution is 5.87. The zero-order valence-corrected chi connectivity index (χ0v) is 7.31. The summed E-state index contributed by atoms with van der Waals surface area (Å²) in [5.41, 5.74) is 6.61. The van der Waals surface area contributed by atoms with Crippen molar-refractivity contribution in [1.29, 1.82) is 0 Å². The van der Waals surface area contributed by atoms with E-state index in [1.807, 2.05) is 13.8 Å². The van der Waals surface area contributed by atoms with Crippen LogP contribution < -0.4 is 5.73 Å². The first-order valence-electron chi connectivity index (χ1n) is 3.67. The monoisotopic (exact) mass is 157 g/mol. The summed E-state index contributed by atoms with van der Waals surface area (Å²) in [7, 11) is 1.33. The Bertz CT molecular complexity index is 173. The van der Waals surface area contributed by atoms with E-state index < -0.39 is 5.97 Å². The van der Waals surface area contributed by atoms with Crippen molar-refractivity contribution in [2.24, 2.45) is 5.73 Å². The first-order valence-corrected chi connectivity index (χ1v) is 3.67. The molecular weight excluding hydrogens is 142 g/mol. The molecule has 64 valence electrons. The number of nitrogens with two attached hydrogens (primary N) is 1. The third-order valence-electron chi connectivity index (χ3n) is 1.49. The molecule has 0 aromatic carbocycles. The molecule has 0 amide bonds. The summed E-state index contributed by atoms with van der Waals surface area (Å²) in [6, 6.07) is 0. The van der Waals surface area contributed by atoms with Crippen LogP contribution in [-0.2, 0) is 9.53 Å². The first-order chi connectivity index (χ1) is 5.13. The molecule has 3 heteroatoms. The predicted molar refractivity (Wildman–Crippen MR) is 43.8 cm³/mol. The molecule has 0 aromatic rings. The van der Waals surface area contributed by atoms with E-state index in [1.165, 1.54) is 7.11 Å². The standard InChI is InChI=1S/C8H15NO2/c1-4-5-6(2)7(9)8(10)11-3/h4-5,9H2,1-3H3/b7-6+. The topological polar surface area (TPSA) is 52.3 Å². The van der Waals surface area contributed by atoms with Crippen molar-refractivity contribution in [3.8, 4) is 0 Å². The van der Waals surface area contributed by atoms with E-state index >= 15 is 0 Å². The van der Waals surface area contributed by atoms with Crippen molar-refractivity contribution >= 4 is 5.97 Å². The summed E-state index contributed by atoms with van der Waals surface area (Å²) in [6.07, 6.45) is 1.84. The Morgan fingerprint density at radius 2 is 2.09 bits per heavy atom. The van der Waals surface area contributed by atoms with Crippen LogP contribution >= 0.6 is 0 Å². The average molecular weight is 157 g/mol. The van der Waals surface area contributed by atoms with Crippen molar-refractivity contribution in [3.05, 3.63) is 11.3 Å². The van der Waals surface area contributed by atoms with E-state index in [-0.39, 0.29) is 5.70 Å². The van der Waals surface area contributed by atoms with Gasteiger partial charge in [-0.15, -0.1) is 0 Å². The number of carbonyl (C=O) groups excluding carboxylic acids is 1. The van der Waals surface area contributed by atoms with E-state index in [9.17, 15) is 4.79 Å². The van der Waals surface area contributed by atoms with Crippen molar-refractivity contribution in [2.45, 2.75) is 26.7 Å². The van der Waals surface area contributed by atoms with Gasteiger partial charge in [0, 0.05) is 0 Å². The minimum Gasteiger partial charge on any atom is -0.464 e. The van der Waals surface area contributed by atoms with E-state index in [2.05, 4.69) is 4.74 Å². The molecule has 0 bridgehead atoms. The molecule has 0 heterocycles. The number of rotatable bonds is 3. The fraction of sp³-hybridized carbons (Fsp3) is 0.625. The van der Waals surface area contributed by atoms with Gasteiger partial charge in [-0.2, -0.15) is 0 Å². The minimum absolute atomic E-state index is 0.245. The van der Waals surface area contributed by atoms with Crippen molar-refractivity contribution < 1.29 is 9.53 Å². The molecule has 0 aliphatic heterocycles. The number of carbonyl (C=O) groups is 1. The summed E-state index contributed by atoms with van der Waals surface area (Å²) >= 11 is 0. The Morgan fingerprint density at radius 3 is 2.45 bits per heavy atom. The smallest absolute Gasteiger partial charge is 0.353 e. The third-order valence-corrected chi connectivity index (χ3v) is 1.49. The third kappa shape index (κ3) is 3.07. The molecule has 2 N–H and O–H groups in total. The molecule has 0 aliphatic rings. The zero-order valence-electron chi connectivity index (χ0n) is 7.31. The lowest BCUT2D eigenvalue weighted by Crippen LogP contribution is -2.14. The number of methoxy groups -OCH3 is 1. The van der Waals surface area contributed by atoms with Gasteiger partial charge in [0.25, 0.3) is 0 Å². The minimum atomic E-state index is -0.434. The lowest BCUT2D eigenvalue weighted by molar-refractivity contribution is -0.136. The molecule has 0 aliphatic carbocycles. The molecule has 0 fully saturated rings. The van der Waals surface area contributed by atoms with Crippen LogP contribution in [0.1, 0.15) is 26.7 Å². The maximum atomic E-state index is 10.8. The Hall–Kier alpha value is -0.990. The molecule has 0 rings (SSSR count). The van der Waals surface area contributed by atoms with Crippen LogP contribution in [0.5, 0.6) is 0 Å². The highest BCUT2D eigenvalue weighted by atomic mass is 16.5. The Balaban J connectivity index is 4.26. The summed E-state index contributed by atoms with van der Waals surface area (Å²) in [5.74, 6) is -0.434. The van der Waals surface area contributed by atoms with Crippen molar-refractivity contribution in [3.63, 3.8) is 0 Å². The van der Waals surface area contributed by atoms with Crippen LogP contribution in [0, 0.1) is 0 Å². The summed E-state index contributed by atoms with van der Waals surface area (Å²) in [4.78, 5) is 10.8. The van der Waals surface area contributed by atoms with Gasteiger partial charge in [0.05, 0.1) is 7.11 Å². The van der Waals surface area contributed by atoms with Gasteiger partial charge in [-0.3, -0.25) is 0 Å². The number of esters is 1. The zero-order chi connectivity index (χ0) is 8.85. The van der Waals surface area contributed by atoms with Gasteiger partial charge in [0.2, 0.25) is 0 Å². The second kappa shape index (κ2) is 4.77. The largest absolute Gasteiger partial charge is 0.464 e. The van der Waals surface area contributed by atoms with E-state index in [0.717, 1.165) is 18.4 Å². The van der Waals surface area contributed by atoms with Gasteiger partial charge >= 0.3 is 5.97 Å². The summed E-state index contributed by atoms with van der Waals surface area (Å²) < 4.78 is 4.46. The van der Waals surface area contributed by atoms with Crippen molar-refractivity contribution in [2.75, 3.05) is 7.11 Å². The van der Waals surface area contributed by atoms with Gasteiger partial charge in [-0.1, -0.05) is 13.3 Å². The predicted octanol–water partition coefficient (Wildman–Crippen LogP) is 1.19. The van der Waals surface area contributed by atoms with Crippen LogP contribution in [-0.4, -0.2) is 13.1 Å². The maximum Gasteiger partial charge on any atom is 0.353 e. The molecule has 0 aromatic heterocycles. The molecule has 3 nitrogen and oxygen atoms in total. The maximum absolute atomic E-state index is 10.8. The van der Waals surface area contributed by atoms with E-state index in [1.54, 1.807) is 0 Å². The SMILES string of the molecule is CCC/C(C)=C(/N)C(=O)OC. The van der Waals surface area contributed by atoms with Crippen LogP contribution in [0.4, 0.5) is 0 Å². The quantitative estimate of drug-likeness (QED) is 0.494. The highest BCUT2D eigenvalue weighted by Crippen LogP contribution is 2.06. The Morgan fingerprint density at radius 1 is 1.55 bits per heavy atom. The van der Waals surface area contributed by atoms with E-state index in [4.69, 9.17) is 5.73 Å². The Labute approximate surface area is 67.2 Å². The van der Waals surface area contributed by atoms with Gasteiger partial charge < -0.3 is 10.5 Å². The average Bonchev–Trinajstić information content (AvgIpc) is 2.02. The number of ether oxygens (including phenoxy) is 1. The van der Waals surface area contributed by atoms with Gasteiger partial charge in [-0.25, -0.2) is 4.79 Å². The molecule has 0 spiro atoms. The lowest BCUT2D eigenvalue weighted by Gasteiger charge is -2.03. The molecule has 0 atom stereocenters. The number of hydrogen-bond donors (Lipinski definition) is 1. The van der Waals surface area contributed by atoms with Gasteiger partial charge in [-0.05, 0) is 18.9 Å². The van der Waals surface area contributed by atoms with Crippen LogP contribution in [0.2, 0.25) is 0 Å². The molecule has 0 unspecified atom stereocenters. The Kier molecular flexibility index (Phi) is 4.34. The molecule has 0 saturated carbocycles. The first kappa shape index (κ1) is 10.0. The molecule has 11 heavy (non-hydrogen) atoms. The summed E-state index contributed by atoms with van der Waals surface area (Å²) in [6.45, 7) is 3.88. The van der Waals surface area contributed by atoms with Crippen LogP contribution in [0.3, 0.4) is 0 Å². The summed E-state index contributed by atoms with van der Waals surface area (Å²) in [5, 5.41) is 0. The van der Waals surface area contributed by atoms with E-state index in [0.29, 0.717) is 0 Å². The molecule has 0 radical (unpaired) electrons. The van der Waals surface area contributed by atoms with Crippen LogP contribution in [0.15, 0.2) is 11.3 Å². The fourth-order valence-electron chi connectivity index (χ4n) is 0.794. The fourth-order valence-corrected chi connectivity index (χ4v) is 0.794. The number of allylic oxidation sites excluding steroid dienone is 1.